The summed E-state index contributed by atoms with van der Waals surface area (Å²) in [6.45, 7) is 5.29. The van der Waals surface area contributed by atoms with Gasteiger partial charge in [0.1, 0.15) is 11.6 Å². The number of pyridine rings is 1. The van der Waals surface area contributed by atoms with Gasteiger partial charge in [-0.1, -0.05) is 5.16 Å². The van der Waals surface area contributed by atoms with Crippen molar-refractivity contribution in [1.29, 1.82) is 0 Å². The third-order valence-electron chi connectivity index (χ3n) is 5.52. The lowest BCUT2D eigenvalue weighted by atomic mass is 10.0. The third-order valence-corrected chi connectivity index (χ3v) is 5.52. The van der Waals surface area contributed by atoms with Crippen LogP contribution in [0.15, 0.2) is 4.52 Å². The minimum atomic E-state index is -0.0544. The van der Waals surface area contributed by atoms with Gasteiger partial charge in [-0.15, -0.1) is 10.2 Å². The van der Waals surface area contributed by atoms with Gasteiger partial charge in [-0.2, -0.15) is 0 Å². The number of rotatable bonds is 3. The van der Waals surface area contributed by atoms with E-state index in [0.717, 1.165) is 66.2 Å². The second-order valence-electron chi connectivity index (χ2n) is 7.27. The maximum Gasteiger partial charge on any atom is 0.259 e. The molecule has 2 aliphatic rings. The molecule has 0 fully saturated rings. The molecule has 0 spiro atoms. The number of fused-ring (bicyclic) bond motifs is 3. The first-order chi connectivity index (χ1) is 12.6. The number of carbonyl (C=O) groups excluding carboxylic acids is 1. The van der Waals surface area contributed by atoms with Gasteiger partial charge in [0.15, 0.2) is 0 Å². The molecule has 3 aromatic rings. The number of nitrogens with zero attached hydrogens (tertiary/aromatic N) is 5. The monoisotopic (exact) mass is 352 g/mol. The van der Waals surface area contributed by atoms with Crippen molar-refractivity contribution in [3.05, 3.63) is 34.2 Å². The van der Waals surface area contributed by atoms with Gasteiger partial charge in [-0.05, 0) is 38.7 Å². The Kier molecular flexibility index (Phi) is 3.35. The average Bonchev–Trinajstić information content (AvgIpc) is 3.38. The van der Waals surface area contributed by atoms with Gasteiger partial charge in [0.05, 0.1) is 16.6 Å². The van der Waals surface area contributed by atoms with Crippen molar-refractivity contribution in [3.8, 4) is 0 Å². The molecule has 134 valence electrons. The van der Waals surface area contributed by atoms with Crippen molar-refractivity contribution < 1.29 is 9.32 Å². The SMILES string of the molecule is Cc1noc2nc3c(c(C(=O)NCC4Cc5nnc(C)n5C4)c12)CCC3. The number of aryl methyl sites for hydroxylation is 3. The van der Waals surface area contributed by atoms with Crippen molar-refractivity contribution in [2.24, 2.45) is 5.92 Å². The molecule has 0 aromatic carbocycles. The molecular weight excluding hydrogens is 332 g/mol. The zero-order valence-electron chi connectivity index (χ0n) is 14.9. The molecule has 8 heteroatoms. The van der Waals surface area contributed by atoms with E-state index in [-0.39, 0.29) is 5.91 Å². The second kappa shape index (κ2) is 5.62. The first-order valence-corrected chi connectivity index (χ1v) is 9.06. The molecular formula is C18H20N6O2. The number of hydrogen-bond acceptors (Lipinski definition) is 6. The number of hydrogen-bond donors (Lipinski definition) is 1. The van der Waals surface area contributed by atoms with E-state index in [1.54, 1.807) is 0 Å². The smallest absolute Gasteiger partial charge is 0.259 e. The molecule has 5 rings (SSSR count). The lowest BCUT2D eigenvalue weighted by Gasteiger charge is -2.13. The molecule has 8 nitrogen and oxygen atoms in total. The minimum absolute atomic E-state index is 0.0544. The summed E-state index contributed by atoms with van der Waals surface area (Å²) in [6.07, 6.45) is 3.64. The van der Waals surface area contributed by atoms with Gasteiger partial charge >= 0.3 is 0 Å². The lowest BCUT2D eigenvalue weighted by molar-refractivity contribution is 0.0947. The molecule has 0 bridgehead atoms. The van der Waals surface area contributed by atoms with Crippen LogP contribution in [0.1, 0.15) is 45.4 Å². The van der Waals surface area contributed by atoms with Crippen LogP contribution in [-0.4, -0.2) is 37.4 Å². The van der Waals surface area contributed by atoms with Crippen LogP contribution >= 0.6 is 0 Å². The summed E-state index contributed by atoms with van der Waals surface area (Å²) >= 11 is 0. The van der Waals surface area contributed by atoms with E-state index in [0.29, 0.717) is 23.7 Å². The van der Waals surface area contributed by atoms with Gasteiger partial charge < -0.3 is 14.4 Å². The molecule has 1 aliphatic heterocycles. The van der Waals surface area contributed by atoms with E-state index in [4.69, 9.17) is 4.52 Å². The summed E-state index contributed by atoms with van der Waals surface area (Å²) in [4.78, 5) is 17.6. The van der Waals surface area contributed by atoms with E-state index in [9.17, 15) is 4.79 Å². The molecule has 0 saturated carbocycles. The maximum absolute atomic E-state index is 13.1. The summed E-state index contributed by atoms with van der Waals surface area (Å²) in [6, 6.07) is 0. The summed E-state index contributed by atoms with van der Waals surface area (Å²) in [5.74, 6) is 2.23. The zero-order valence-corrected chi connectivity index (χ0v) is 14.9. The molecule has 0 saturated heterocycles. The molecule has 1 unspecified atom stereocenters. The highest BCUT2D eigenvalue weighted by atomic mass is 16.5. The number of aromatic nitrogens is 5. The molecule has 4 heterocycles. The Balaban J connectivity index is 1.40. The van der Waals surface area contributed by atoms with Crippen LogP contribution in [0.4, 0.5) is 0 Å². The molecule has 1 amide bonds. The Morgan fingerprint density at radius 2 is 2.19 bits per heavy atom. The summed E-state index contributed by atoms with van der Waals surface area (Å²) in [5, 5.41) is 16.2. The van der Waals surface area contributed by atoms with Gasteiger partial charge in [-0.3, -0.25) is 4.79 Å². The topological polar surface area (TPSA) is 98.7 Å². The highest BCUT2D eigenvalue weighted by Crippen LogP contribution is 2.31. The van der Waals surface area contributed by atoms with Crippen LogP contribution in [0.25, 0.3) is 11.1 Å². The summed E-state index contributed by atoms with van der Waals surface area (Å²) in [5.41, 5.74) is 3.92. The standard InChI is InChI=1S/C18H20N6O2/c1-9-15-16(12-4-3-5-13(12)20-18(15)26-23-9)17(25)19-7-11-6-14-22-21-10(2)24(14)8-11/h11H,3-8H2,1-2H3,(H,19,25). The fourth-order valence-corrected chi connectivity index (χ4v) is 4.22. The summed E-state index contributed by atoms with van der Waals surface area (Å²) in [7, 11) is 0. The molecule has 3 aromatic heterocycles. The Hall–Kier alpha value is -2.77. The first-order valence-electron chi connectivity index (χ1n) is 9.06. The van der Waals surface area contributed by atoms with Crippen molar-refractivity contribution in [2.45, 2.75) is 46.1 Å². The Morgan fingerprint density at radius 1 is 1.31 bits per heavy atom. The van der Waals surface area contributed by atoms with Crippen molar-refractivity contribution in [2.75, 3.05) is 6.54 Å². The number of amides is 1. The molecule has 1 atom stereocenters. The maximum atomic E-state index is 13.1. The van der Waals surface area contributed by atoms with Crippen LogP contribution in [-0.2, 0) is 25.8 Å². The third kappa shape index (κ3) is 2.24. The van der Waals surface area contributed by atoms with Crippen molar-refractivity contribution >= 4 is 17.0 Å². The van der Waals surface area contributed by atoms with Crippen LogP contribution in [0.5, 0.6) is 0 Å². The van der Waals surface area contributed by atoms with Crippen molar-refractivity contribution in [1.82, 2.24) is 30.2 Å². The van der Waals surface area contributed by atoms with E-state index in [1.807, 2.05) is 13.8 Å². The lowest BCUT2D eigenvalue weighted by Crippen LogP contribution is -2.31. The number of nitrogens with one attached hydrogen (secondary N) is 1. The zero-order chi connectivity index (χ0) is 17.8. The Bertz CT molecular complexity index is 1030. The van der Waals surface area contributed by atoms with Gasteiger partial charge in [-0.25, -0.2) is 4.98 Å². The van der Waals surface area contributed by atoms with Crippen LogP contribution in [0.2, 0.25) is 0 Å². The van der Waals surface area contributed by atoms with E-state index < -0.39 is 0 Å². The number of carbonyl (C=O) groups is 1. The predicted octanol–water partition coefficient (Wildman–Crippen LogP) is 1.52. The largest absolute Gasteiger partial charge is 0.352 e. The molecule has 1 N–H and O–H groups in total. The fourth-order valence-electron chi connectivity index (χ4n) is 4.22. The predicted molar refractivity (Wildman–Crippen MR) is 92.9 cm³/mol. The molecule has 26 heavy (non-hydrogen) atoms. The minimum Gasteiger partial charge on any atom is -0.352 e. The van der Waals surface area contributed by atoms with E-state index >= 15 is 0 Å². The Morgan fingerprint density at radius 3 is 3.04 bits per heavy atom. The normalized spacial score (nSPS) is 18.3. The fraction of sp³-hybridized carbons (Fsp3) is 0.500. The highest BCUT2D eigenvalue weighted by Gasteiger charge is 2.29. The van der Waals surface area contributed by atoms with Gasteiger partial charge in [0.25, 0.3) is 11.6 Å². The first kappa shape index (κ1) is 15.5. The van der Waals surface area contributed by atoms with Crippen molar-refractivity contribution in [3.63, 3.8) is 0 Å². The van der Waals surface area contributed by atoms with E-state index in [2.05, 4.69) is 30.2 Å². The van der Waals surface area contributed by atoms with Crippen LogP contribution in [0, 0.1) is 19.8 Å². The molecule has 0 radical (unpaired) electrons. The average molecular weight is 352 g/mol. The van der Waals surface area contributed by atoms with Crippen LogP contribution in [0.3, 0.4) is 0 Å². The van der Waals surface area contributed by atoms with Gasteiger partial charge in [0.2, 0.25) is 0 Å². The quantitative estimate of drug-likeness (QED) is 0.767. The second-order valence-corrected chi connectivity index (χ2v) is 7.27. The van der Waals surface area contributed by atoms with E-state index in [1.165, 1.54) is 0 Å². The highest BCUT2D eigenvalue weighted by molar-refractivity contribution is 6.07. The Labute approximate surface area is 150 Å². The van der Waals surface area contributed by atoms with Crippen LogP contribution < -0.4 is 5.32 Å². The van der Waals surface area contributed by atoms with Gasteiger partial charge in [0, 0.05) is 31.1 Å². The molecule has 1 aliphatic carbocycles. The summed E-state index contributed by atoms with van der Waals surface area (Å²) < 4.78 is 7.46.